The highest BCUT2D eigenvalue weighted by atomic mass is 32.2. The van der Waals surface area contributed by atoms with E-state index in [9.17, 15) is 14.5 Å². The molecule has 0 spiro atoms. The van der Waals surface area contributed by atoms with Gasteiger partial charge in [0.05, 0.1) is 11.0 Å². The minimum absolute atomic E-state index is 0.140. The number of benzene rings is 1. The summed E-state index contributed by atoms with van der Waals surface area (Å²) in [6, 6.07) is 3.66. The molecular weight excluding hydrogens is 243 g/mol. The van der Waals surface area contributed by atoms with E-state index in [1.165, 1.54) is 12.1 Å². The Kier molecular flexibility index (Phi) is 5.21. The number of hydrogen-bond donors (Lipinski definition) is 1. The zero-order chi connectivity index (χ0) is 12.8. The van der Waals surface area contributed by atoms with Crippen molar-refractivity contribution < 1.29 is 9.31 Å². The van der Waals surface area contributed by atoms with E-state index < -0.39 is 10.7 Å². The summed E-state index contributed by atoms with van der Waals surface area (Å²) in [5.41, 5.74) is 0.212. The standard InChI is InChI=1S/C11H15FN2O2S/c1-3-17-7-8(2)13-10-4-9(12)5-11(6-10)14(15)16/h4-6,8,13H,3,7H2,1-2H3. The van der Waals surface area contributed by atoms with Gasteiger partial charge in [-0.25, -0.2) is 4.39 Å². The zero-order valence-corrected chi connectivity index (χ0v) is 10.6. The van der Waals surface area contributed by atoms with E-state index in [0.29, 0.717) is 5.69 Å². The fourth-order valence-corrected chi connectivity index (χ4v) is 2.06. The van der Waals surface area contributed by atoms with Gasteiger partial charge in [-0.15, -0.1) is 0 Å². The Morgan fingerprint density at radius 3 is 2.82 bits per heavy atom. The molecule has 0 heterocycles. The average molecular weight is 258 g/mol. The van der Waals surface area contributed by atoms with Crippen molar-refractivity contribution in [2.75, 3.05) is 16.8 Å². The third kappa shape index (κ3) is 4.60. The number of thioether (sulfide) groups is 1. The van der Waals surface area contributed by atoms with E-state index in [2.05, 4.69) is 12.2 Å². The summed E-state index contributed by atoms with van der Waals surface area (Å²) in [5.74, 6) is 1.29. The van der Waals surface area contributed by atoms with Crippen LogP contribution in [0.5, 0.6) is 0 Å². The van der Waals surface area contributed by atoms with Gasteiger partial charge in [-0.05, 0) is 18.7 Å². The molecule has 94 valence electrons. The first kappa shape index (κ1) is 13.8. The highest BCUT2D eigenvalue weighted by molar-refractivity contribution is 7.99. The van der Waals surface area contributed by atoms with Gasteiger partial charge in [0, 0.05) is 23.5 Å². The van der Waals surface area contributed by atoms with Crippen molar-refractivity contribution in [1.29, 1.82) is 0 Å². The molecule has 0 aromatic heterocycles. The second-order valence-electron chi connectivity index (χ2n) is 3.66. The SMILES string of the molecule is CCSCC(C)Nc1cc(F)cc([N+](=O)[O-])c1. The maximum atomic E-state index is 13.1. The maximum absolute atomic E-state index is 13.1. The Labute approximate surface area is 104 Å². The lowest BCUT2D eigenvalue weighted by Gasteiger charge is -2.14. The second kappa shape index (κ2) is 6.44. The predicted octanol–water partition coefficient (Wildman–Crippen LogP) is 3.29. The van der Waals surface area contributed by atoms with E-state index in [1.807, 2.05) is 6.92 Å². The molecule has 17 heavy (non-hydrogen) atoms. The van der Waals surface area contributed by atoms with Crippen molar-refractivity contribution in [1.82, 2.24) is 0 Å². The summed E-state index contributed by atoms with van der Waals surface area (Å²) in [6.45, 7) is 4.02. The number of nitrogens with one attached hydrogen (secondary N) is 1. The largest absolute Gasteiger partial charge is 0.381 e. The van der Waals surface area contributed by atoms with Crippen LogP contribution in [0.4, 0.5) is 15.8 Å². The summed E-state index contributed by atoms with van der Waals surface area (Å²) in [6.07, 6.45) is 0. The van der Waals surface area contributed by atoms with Crippen LogP contribution < -0.4 is 5.32 Å². The van der Waals surface area contributed by atoms with Crippen LogP contribution in [0.3, 0.4) is 0 Å². The number of rotatable bonds is 6. The minimum Gasteiger partial charge on any atom is -0.381 e. The lowest BCUT2D eigenvalue weighted by molar-refractivity contribution is -0.385. The summed E-state index contributed by atoms with van der Waals surface area (Å²) < 4.78 is 13.1. The average Bonchev–Trinajstić information content (AvgIpc) is 2.25. The lowest BCUT2D eigenvalue weighted by atomic mass is 10.2. The van der Waals surface area contributed by atoms with E-state index in [1.54, 1.807) is 11.8 Å². The van der Waals surface area contributed by atoms with Gasteiger partial charge in [0.2, 0.25) is 0 Å². The summed E-state index contributed by atoms with van der Waals surface area (Å²) >= 11 is 1.76. The number of nitro benzene ring substituents is 1. The van der Waals surface area contributed by atoms with Crippen LogP contribution in [0.25, 0.3) is 0 Å². The fourth-order valence-electron chi connectivity index (χ4n) is 1.38. The number of nitro groups is 1. The molecule has 0 saturated carbocycles. The molecule has 1 aromatic carbocycles. The maximum Gasteiger partial charge on any atom is 0.274 e. The summed E-state index contributed by atoms with van der Waals surface area (Å²) in [7, 11) is 0. The number of anilines is 1. The van der Waals surface area contributed by atoms with E-state index in [4.69, 9.17) is 0 Å². The smallest absolute Gasteiger partial charge is 0.274 e. The Morgan fingerprint density at radius 1 is 1.53 bits per heavy atom. The number of halogens is 1. The molecule has 0 aliphatic heterocycles. The van der Waals surface area contributed by atoms with Crippen LogP contribution in [0.1, 0.15) is 13.8 Å². The van der Waals surface area contributed by atoms with Crippen molar-refractivity contribution in [3.63, 3.8) is 0 Å². The molecule has 0 radical (unpaired) electrons. The third-order valence-corrected chi connectivity index (χ3v) is 3.22. The van der Waals surface area contributed by atoms with Crippen molar-refractivity contribution in [2.45, 2.75) is 19.9 Å². The van der Waals surface area contributed by atoms with Crippen molar-refractivity contribution >= 4 is 23.1 Å². The lowest BCUT2D eigenvalue weighted by Crippen LogP contribution is -2.18. The molecule has 0 aliphatic carbocycles. The van der Waals surface area contributed by atoms with Crippen LogP contribution in [-0.4, -0.2) is 22.5 Å². The fraction of sp³-hybridized carbons (Fsp3) is 0.455. The highest BCUT2D eigenvalue weighted by Crippen LogP contribution is 2.21. The van der Waals surface area contributed by atoms with Crippen molar-refractivity contribution in [3.8, 4) is 0 Å². The van der Waals surface area contributed by atoms with Crippen LogP contribution in [-0.2, 0) is 0 Å². The molecule has 0 bridgehead atoms. The number of nitrogens with zero attached hydrogens (tertiary/aromatic N) is 1. The molecule has 0 fully saturated rings. The molecule has 0 amide bonds. The van der Waals surface area contributed by atoms with E-state index >= 15 is 0 Å². The van der Waals surface area contributed by atoms with Crippen molar-refractivity contribution in [3.05, 3.63) is 34.1 Å². The molecule has 4 nitrogen and oxygen atoms in total. The molecule has 0 aliphatic rings. The summed E-state index contributed by atoms with van der Waals surface area (Å²) in [5, 5.41) is 13.6. The Balaban J connectivity index is 2.73. The van der Waals surface area contributed by atoms with Crippen LogP contribution in [0.15, 0.2) is 18.2 Å². The third-order valence-electron chi connectivity index (χ3n) is 2.08. The van der Waals surface area contributed by atoms with Gasteiger partial charge in [0.1, 0.15) is 5.82 Å². The quantitative estimate of drug-likeness (QED) is 0.628. The molecule has 6 heteroatoms. The van der Waals surface area contributed by atoms with Gasteiger partial charge in [0.25, 0.3) is 5.69 Å². The first-order valence-electron chi connectivity index (χ1n) is 5.32. The molecule has 1 aromatic rings. The van der Waals surface area contributed by atoms with E-state index in [-0.39, 0.29) is 11.7 Å². The Hall–Kier alpha value is -1.30. The predicted molar refractivity (Wildman–Crippen MR) is 69.1 cm³/mol. The Morgan fingerprint density at radius 2 is 2.24 bits per heavy atom. The molecule has 1 atom stereocenters. The van der Waals surface area contributed by atoms with Gasteiger partial charge < -0.3 is 5.32 Å². The number of non-ortho nitro benzene ring substituents is 1. The second-order valence-corrected chi connectivity index (χ2v) is 4.98. The normalized spacial score (nSPS) is 12.2. The number of hydrogen-bond acceptors (Lipinski definition) is 4. The van der Waals surface area contributed by atoms with Crippen LogP contribution >= 0.6 is 11.8 Å². The zero-order valence-electron chi connectivity index (χ0n) is 9.77. The molecule has 1 unspecified atom stereocenters. The molecule has 1 rings (SSSR count). The first-order valence-corrected chi connectivity index (χ1v) is 6.47. The topological polar surface area (TPSA) is 55.2 Å². The van der Waals surface area contributed by atoms with Crippen LogP contribution in [0.2, 0.25) is 0 Å². The van der Waals surface area contributed by atoms with Gasteiger partial charge in [0.15, 0.2) is 0 Å². The minimum atomic E-state index is -0.600. The van der Waals surface area contributed by atoms with Crippen molar-refractivity contribution in [2.24, 2.45) is 0 Å². The van der Waals surface area contributed by atoms with Gasteiger partial charge >= 0.3 is 0 Å². The van der Waals surface area contributed by atoms with Crippen LogP contribution in [0, 0.1) is 15.9 Å². The highest BCUT2D eigenvalue weighted by Gasteiger charge is 2.11. The van der Waals surface area contributed by atoms with Gasteiger partial charge in [-0.3, -0.25) is 10.1 Å². The Bertz CT molecular complexity index is 401. The summed E-state index contributed by atoms with van der Waals surface area (Å²) in [4.78, 5) is 9.97. The van der Waals surface area contributed by atoms with Gasteiger partial charge in [-0.1, -0.05) is 6.92 Å². The molecule has 0 saturated heterocycles. The van der Waals surface area contributed by atoms with Gasteiger partial charge in [-0.2, -0.15) is 11.8 Å². The molecule has 1 N–H and O–H groups in total. The van der Waals surface area contributed by atoms with E-state index in [0.717, 1.165) is 17.6 Å². The first-order chi connectivity index (χ1) is 8.02. The molecular formula is C11H15FN2O2S. The monoisotopic (exact) mass is 258 g/mol.